The lowest BCUT2D eigenvalue weighted by atomic mass is 10.1. The number of hydrogen-bond acceptors (Lipinski definition) is 2. The van der Waals surface area contributed by atoms with Gasteiger partial charge in [-0.2, -0.15) is 0 Å². The first-order valence-corrected chi connectivity index (χ1v) is 7.25. The van der Waals surface area contributed by atoms with Crippen LogP contribution in [0, 0.1) is 0 Å². The van der Waals surface area contributed by atoms with Crippen LogP contribution in [0.15, 0.2) is 24.3 Å². The van der Waals surface area contributed by atoms with Crippen molar-refractivity contribution in [3.63, 3.8) is 0 Å². The van der Waals surface area contributed by atoms with Gasteiger partial charge in [-0.05, 0) is 36.3 Å². The fraction of sp³-hybridized carbons (Fsp3) is 0.562. The molecule has 1 aliphatic rings. The number of benzene rings is 1. The van der Waals surface area contributed by atoms with Crippen LogP contribution in [-0.2, 0) is 11.3 Å². The van der Waals surface area contributed by atoms with Gasteiger partial charge in [0.2, 0.25) is 0 Å². The fourth-order valence-electron chi connectivity index (χ4n) is 2.34. The normalized spacial score (nSPS) is 16.3. The molecule has 2 rings (SSSR count). The second-order valence-corrected chi connectivity index (χ2v) is 5.43. The molecule has 0 bridgehead atoms. The quantitative estimate of drug-likeness (QED) is 0.755. The summed E-state index contributed by atoms with van der Waals surface area (Å²) in [6.45, 7) is 2.72. The minimum atomic E-state index is -0.744. The molecular weight excluding hydrogens is 238 g/mol. The second kappa shape index (κ2) is 6.71. The lowest BCUT2D eigenvalue weighted by molar-refractivity contribution is -0.139. The number of hydrogen-bond donors (Lipinski definition) is 2. The van der Waals surface area contributed by atoms with Gasteiger partial charge in [-0.3, -0.25) is 4.79 Å². The van der Waals surface area contributed by atoms with Crippen LogP contribution >= 0.6 is 0 Å². The van der Waals surface area contributed by atoms with E-state index in [1.165, 1.54) is 24.0 Å². The van der Waals surface area contributed by atoms with Gasteiger partial charge >= 0.3 is 5.97 Å². The monoisotopic (exact) mass is 261 g/mol. The molecule has 0 amide bonds. The number of rotatable bonds is 8. The van der Waals surface area contributed by atoms with Gasteiger partial charge in [0.25, 0.3) is 0 Å². The van der Waals surface area contributed by atoms with E-state index in [9.17, 15) is 4.79 Å². The third-order valence-electron chi connectivity index (χ3n) is 3.70. The van der Waals surface area contributed by atoms with Gasteiger partial charge in [-0.15, -0.1) is 0 Å². The molecule has 0 radical (unpaired) electrons. The van der Waals surface area contributed by atoms with Gasteiger partial charge < -0.3 is 10.4 Å². The van der Waals surface area contributed by atoms with Gasteiger partial charge in [-0.25, -0.2) is 0 Å². The number of aliphatic carboxylic acids is 1. The standard InChI is InChI=1S/C16H23NO2/c1-2-3-7-15(16(18)19)17-11-12-5-4-6-14(10-12)13-8-9-13/h4-6,10,13,15,17H,2-3,7-9,11H2,1H3,(H,18,19)/t15-/m0/s1. The maximum atomic E-state index is 11.1. The van der Waals surface area contributed by atoms with E-state index in [-0.39, 0.29) is 0 Å². The zero-order valence-electron chi connectivity index (χ0n) is 11.6. The lowest BCUT2D eigenvalue weighted by Crippen LogP contribution is -2.36. The molecule has 0 saturated heterocycles. The topological polar surface area (TPSA) is 49.3 Å². The Morgan fingerprint density at radius 3 is 2.89 bits per heavy atom. The summed E-state index contributed by atoms with van der Waals surface area (Å²) in [4.78, 5) is 11.1. The maximum absolute atomic E-state index is 11.1. The smallest absolute Gasteiger partial charge is 0.320 e. The van der Waals surface area contributed by atoms with Crippen molar-refractivity contribution in [1.82, 2.24) is 5.32 Å². The Morgan fingerprint density at radius 1 is 1.47 bits per heavy atom. The van der Waals surface area contributed by atoms with E-state index in [1.54, 1.807) is 0 Å². The van der Waals surface area contributed by atoms with E-state index >= 15 is 0 Å². The van der Waals surface area contributed by atoms with Crippen LogP contribution in [-0.4, -0.2) is 17.1 Å². The molecule has 3 nitrogen and oxygen atoms in total. The van der Waals surface area contributed by atoms with Gasteiger partial charge in [0.15, 0.2) is 0 Å². The molecule has 1 aromatic rings. The first-order chi connectivity index (χ1) is 9.20. The fourth-order valence-corrected chi connectivity index (χ4v) is 2.34. The van der Waals surface area contributed by atoms with Crippen molar-refractivity contribution in [2.75, 3.05) is 0 Å². The molecule has 0 unspecified atom stereocenters. The van der Waals surface area contributed by atoms with Crippen LogP contribution in [0.1, 0.15) is 56.1 Å². The van der Waals surface area contributed by atoms with Crippen molar-refractivity contribution in [3.05, 3.63) is 35.4 Å². The second-order valence-electron chi connectivity index (χ2n) is 5.43. The molecule has 1 fully saturated rings. The zero-order chi connectivity index (χ0) is 13.7. The van der Waals surface area contributed by atoms with Crippen molar-refractivity contribution in [3.8, 4) is 0 Å². The molecule has 1 aliphatic carbocycles. The number of carboxylic acids is 1. The average molecular weight is 261 g/mol. The van der Waals surface area contributed by atoms with Crippen molar-refractivity contribution in [2.45, 2.75) is 57.5 Å². The highest BCUT2D eigenvalue weighted by Crippen LogP contribution is 2.40. The molecule has 1 atom stereocenters. The Labute approximate surface area is 115 Å². The molecule has 0 aromatic heterocycles. The molecule has 19 heavy (non-hydrogen) atoms. The van der Waals surface area contributed by atoms with E-state index in [1.807, 2.05) is 0 Å². The van der Waals surface area contributed by atoms with Crippen molar-refractivity contribution < 1.29 is 9.90 Å². The summed E-state index contributed by atoms with van der Waals surface area (Å²) in [6, 6.07) is 8.10. The van der Waals surface area contributed by atoms with Crippen LogP contribution in [0.3, 0.4) is 0 Å². The highest BCUT2D eigenvalue weighted by Gasteiger charge is 2.23. The molecule has 104 valence electrons. The first-order valence-electron chi connectivity index (χ1n) is 7.25. The van der Waals surface area contributed by atoms with Gasteiger partial charge in [0.1, 0.15) is 6.04 Å². The van der Waals surface area contributed by atoms with Crippen LogP contribution in [0.2, 0.25) is 0 Å². The summed E-state index contributed by atoms with van der Waals surface area (Å²) in [5.41, 5.74) is 2.59. The van der Waals surface area contributed by atoms with E-state index in [0.717, 1.165) is 18.8 Å². The molecule has 0 heterocycles. The predicted octanol–water partition coefficient (Wildman–Crippen LogP) is 3.30. The maximum Gasteiger partial charge on any atom is 0.320 e. The number of unbranched alkanes of at least 4 members (excludes halogenated alkanes) is 1. The summed E-state index contributed by atoms with van der Waals surface area (Å²) in [5, 5.41) is 12.3. The van der Waals surface area contributed by atoms with E-state index in [4.69, 9.17) is 5.11 Å². The van der Waals surface area contributed by atoms with Crippen molar-refractivity contribution >= 4 is 5.97 Å². The summed E-state index contributed by atoms with van der Waals surface area (Å²) < 4.78 is 0. The van der Waals surface area contributed by atoms with Crippen LogP contribution < -0.4 is 5.32 Å². The summed E-state index contributed by atoms with van der Waals surface area (Å²) in [5.74, 6) is 0.00195. The van der Waals surface area contributed by atoms with E-state index in [0.29, 0.717) is 13.0 Å². The lowest BCUT2D eigenvalue weighted by Gasteiger charge is -2.14. The molecule has 1 aromatic carbocycles. The number of nitrogens with one attached hydrogen (secondary N) is 1. The van der Waals surface area contributed by atoms with E-state index < -0.39 is 12.0 Å². The van der Waals surface area contributed by atoms with Crippen LogP contribution in [0.4, 0.5) is 0 Å². The third-order valence-corrected chi connectivity index (χ3v) is 3.70. The molecule has 3 heteroatoms. The van der Waals surface area contributed by atoms with Crippen LogP contribution in [0.25, 0.3) is 0 Å². The van der Waals surface area contributed by atoms with Gasteiger partial charge in [0.05, 0.1) is 0 Å². The third kappa shape index (κ3) is 4.35. The van der Waals surface area contributed by atoms with Crippen molar-refractivity contribution in [1.29, 1.82) is 0 Å². The Bertz CT molecular complexity index is 427. The molecule has 0 aliphatic heterocycles. The van der Waals surface area contributed by atoms with Crippen molar-refractivity contribution in [2.24, 2.45) is 0 Å². The minimum absolute atomic E-state index is 0.426. The average Bonchev–Trinajstić information content (AvgIpc) is 3.23. The predicted molar refractivity (Wildman–Crippen MR) is 76.2 cm³/mol. The Kier molecular flexibility index (Phi) is 4.97. The first kappa shape index (κ1) is 14.1. The Balaban J connectivity index is 1.88. The Hall–Kier alpha value is -1.35. The van der Waals surface area contributed by atoms with Crippen LogP contribution in [0.5, 0.6) is 0 Å². The molecular formula is C16H23NO2. The Morgan fingerprint density at radius 2 is 2.26 bits per heavy atom. The zero-order valence-corrected chi connectivity index (χ0v) is 11.6. The summed E-state index contributed by atoms with van der Waals surface area (Å²) in [6.07, 6.45) is 5.28. The number of carboxylic acid groups (broad SMARTS) is 1. The summed E-state index contributed by atoms with van der Waals surface area (Å²) in [7, 11) is 0. The molecule has 0 spiro atoms. The SMILES string of the molecule is CCCC[C@H](NCc1cccc(C2CC2)c1)C(=O)O. The largest absolute Gasteiger partial charge is 0.480 e. The highest BCUT2D eigenvalue weighted by molar-refractivity contribution is 5.73. The number of carbonyl (C=O) groups is 1. The summed E-state index contributed by atoms with van der Waals surface area (Å²) >= 11 is 0. The van der Waals surface area contributed by atoms with E-state index in [2.05, 4.69) is 36.5 Å². The molecule has 2 N–H and O–H groups in total. The highest BCUT2D eigenvalue weighted by atomic mass is 16.4. The van der Waals surface area contributed by atoms with Gasteiger partial charge in [0, 0.05) is 6.54 Å². The minimum Gasteiger partial charge on any atom is -0.480 e. The molecule has 1 saturated carbocycles. The van der Waals surface area contributed by atoms with Gasteiger partial charge in [-0.1, -0.05) is 44.0 Å².